The molecule has 3 aromatic carbocycles. The van der Waals surface area contributed by atoms with Gasteiger partial charge in [-0.05, 0) is 31.3 Å². The van der Waals surface area contributed by atoms with Crippen molar-refractivity contribution in [3.8, 4) is 0 Å². The zero-order chi connectivity index (χ0) is 30.5. The van der Waals surface area contributed by atoms with E-state index in [0.29, 0.717) is 22.5 Å². The van der Waals surface area contributed by atoms with Gasteiger partial charge in [0.15, 0.2) is 11.6 Å². The molecule has 0 atom stereocenters. The van der Waals surface area contributed by atoms with E-state index >= 15 is 0 Å². The Balaban J connectivity index is 1.19. The highest BCUT2D eigenvalue weighted by Gasteiger charge is 2.26. The number of piperazine rings is 1. The number of allylic oxidation sites excluding steroid dienone is 1. The van der Waals surface area contributed by atoms with E-state index in [4.69, 9.17) is 0 Å². The molecular weight excluding hydrogens is 548 g/mol. The molecule has 1 fully saturated rings. The maximum absolute atomic E-state index is 12.9. The first-order valence-electron chi connectivity index (χ1n) is 13.9. The fraction of sp³-hybridized carbons (Fsp3) is 0.212. The monoisotopic (exact) mass is 578 g/mol. The Labute approximate surface area is 248 Å². The summed E-state index contributed by atoms with van der Waals surface area (Å²) in [5.41, 5.74) is 2.61. The van der Waals surface area contributed by atoms with Crippen LogP contribution in [-0.4, -0.2) is 84.4 Å². The summed E-state index contributed by atoms with van der Waals surface area (Å²) >= 11 is 0. The number of ketones is 5. The van der Waals surface area contributed by atoms with Crippen LogP contribution in [0.15, 0.2) is 78.9 Å². The highest BCUT2D eigenvalue weighted by atomic mass is 16.2. The Morgan fingerprint density at radius 3 is 2.09 bits per heavy atom. The summed E-state index contributed by atoms with van der Waals surface area (Å²) in [7, 11) is 2.04. The van der Waals surface area contributed by atoms with Gasteiger partial charge in [0.05, 0.1) is 18.7 Å². The number of nitrogens with zero attached hydrogens (tertiary/aromatic N) is 2. The highest BCUT2D eigenvalue weighted by Crippen LogP contribution is 2.27. The number of amides is 1. The number of Topliss-reactive ketones (excluding diaryl/α,β-unsaturated/α-hetero) is 4. The van der Waals surface area contributed by atoms with Crippen LogP contribution in [0.2, 0.25) is 0 Å². The minimum Gasteiger partial charge on any atom is -0.355 e. The molecule has 0 spiro atoms. The standard InChI is InChI=1S/C33H30N4O6/c1-36-12-14-37(15-13-36)20-31(41)22-7-5-9-24(17-22)35-33(43)30(40)19-28(38)21-6-4-8-23(16-21)34-27-18-29(39)32(42)26-11-3-2-10-25(26)27/h2-11,16-18,34H,12-15,19-20H2,1H3,(H,35,43). The Morgan fingerprint density at radius 2 is 1.37 bits per heavy atom. The second-order valence-corrected chi connectivity index (χ2v) is 10.6. The second kappa shape index (κ2) is 12.8. The van der Waals surface area contributed by atoms with E-state index in [-0.39, 0.29) is 29.1 Å². The number of hydrogen-bond acceptors (Lipinski definition) is 9. The van der Waals surface area contributed by atoms with Crippen LogP contribution in [0.5, 0.6) is 0 Å². The van der Waals surface area contributed by atoms with Crippen molar-refractivity contribution in [2.24, 2.45) is 0 Å². The van der Waals surface area contributed by atoms with Crippen molar-refractivity contribution in [2.75, 3.05) is 50.4 Å². The molecule has 2 N–H and O–H groups in total. The summed E-state index contributed by atoms with van der Waals surface area (Å²) in [5, 5.41) is 5.57. The number of rotatable bonds is 10. The minimum absolute atomic E-state index is 0.0842. The van der Waals surface area contributed by atoms with E-state index < -0.39 is 35.5 Å². The van der Waals surface area contributed by atoms with E-state index in [2.05, 4.69) is 20.4 Å². The number of carbonyl (C=O) groups excluding carboxylic acids is 6. The van der Waals surface area contributed by atoms with Crippen molar-refractivity contribution in [2.45, 2.75) is 6.42 Å². The van der Waals surface area contributed by atoms with Crippen LogP contribution in [0.3, 0.4) is 0 Å². The largest absolute Gasteiger partial charge is 0.355 e. The molecule has 1 saturated heterocycles. The van der Waals surface area contributed by atoms with Crippen LogP contribution in [0.25, 0.3) is 5.70 Å². The molecule has 10 nitrogen and oxygen atoms in total. The van der Waals surface area contributed by atoms with Crippen LogP contribution < -0.4 is 10.6 Å². The van der Waals surface area contributed by atoms with Gasteiger partial charge in [-0.25, -0.2) is 0 Å². The lowest BCUT2D eigenvalue weighted by Gasteiger charge is -2.31. The lowest BCUT2D eigenvalue weighted by atomic mass is 9.92. The van der Waals surface area contributed by atoms with Gasteiger partial charge in [0.25, 0.3) is 5.91 Å². The van der Waals surface area contributed by atoms with Gasteiger partial charge < -0.3 is 15.5 Å². The third kappa shape index (κ3) is 7.06. The van der Waals surface area contributed by atoms with Crippen molar-refractivity contribution >= 4 is 51.9 Å². The van der Waals surface area contributed by atoms with Crippen molar-refractivity contribution in [3.63, 3.8) is 0 Å². The van der Waals surface area contributed by atoms with Crippen molar-refractivity contribution in [1.29, 1.82) is 0 Å². The Kier molecular flexibility index (Phi) is 8.79. The fourth-order valence-electron chi connectivity index (χ4n) is 4.95. The molecule has 10 heteroatoms. The van der Waals surface area contributed by atoms with E-state index in [1.165, 1.54) is 24.3 Å². The minimum atomic E-state index is -0.960. The predicted octanol–water partition coefficient (Wildman–Crippen LogP) is 3.12. The quantitative estimate of drug-likeness (QED) is 0.212. The number of nitrogens with one attached hydrogen (secondary N) is 2. The predicted molar refractivity (Wildman–Crippen MR) is 161 cm³/mol. The van der Waals surface area contributed by atoms with Gasteiger partial charge in [-0.15, -0.1) is 0 Å². The summed E-state index contributed by atoms with van der Waals surface area (Å²) < 4.78 is 0. The summed E-state index contributed by atoms with van der Waals surface area (Å²) in [5.74, 6) is -3.78. The first-order valence-corrected chi connectivity index (χ1v) is 13.9. The number of anilines is 2. The molecule has 0 unspecified atom stereocenters. The summed E-state index contributed by atoms with van der Waals surface area (Å²) in [6, 6.07) is 19.4. The third-order valence-electron chi connectivity index (χ3n) is 7.40. The molecule has 0 radical (unpaired) electrons. The summed E-state index contributed by atoms with van der Waals surface area (Å²) in [6.07, 6.45) is 0.553. The first kappa shape index (κ1) is 29.4. The Morgan fingerprint density at radius 1 is 0.744 bits per heavy atom. The molecule has 1 amide bonds. The van der Waals surface area contributed by atoms with Crippen LogP contribution in [0, 0.1) is 0 Å². The summed E-state index contributed by atoms with van der Waals surface area (Å²) in [6.45, 7) is 3.64. The van der Waals surface area contributed by atoms with Gasteiger partial charge >= 0.3 is 0 Å². The van der Waals surface area contributed by atoms with Gasteiger partial charge in [0.1, 0.15) is 0 Å². The Bertz CT molecular complexity index is 1670. The zero-order valence-corrected chi connectivity index (χ0v) is 23.6. The van der Waals surface area contributed by atoms with E-state index in [0.717, 1.165) is 26.2 Å². The second-order valence-electron chi connectivity index (χ2n) is 10.6. The molecular formula is C33H30N4O6. The molecule has 1 aliphatic carbocycles. The van der Waals surface area contributed by atoms with Crippen LogP contribution in [-0.2, 0) is 14.4 Å². The Hall–Kier alpha value is -5.06. The van der Waals surface area contributed by atoms with E-state index in [1.54, 1.807) is 54.6 Å². The molecule has 5 rings (SSSR count). The zero-order valence-electron chi connectivity index (χ0n) is 23.6. The van der Waals surface area contributed by atoms with Gasteiger partial charge in [-0.3, -0.25) is 33.7 Å². The molecule has 218 valence electrons. The van der Waals surface area contributed by atoms with Crippen molar-refractivity contribution in [1.82, 2.24) is 9.80 Å². The van der Waals surface area contributed by atoms with Crippen LogP contribution in [0.1, 0.15) is 43.1 Å². The molecule has 2 aliphatic rings. The molecule has 3 aromatic rings. The number of likely N-dealkylation sites (N-methyl/N-ethyl adjacent to an activating group) is 1. The number of carbonyl (C=O) groups is 6. The average Bonchev–Trinajstić information content (AvgIpc) is 3.01. The average molecular weight is 579 g/mol. The van der Waals surface area contributed by atoms with Gasteiger partial charge in [-0.2, -0.15) is 0 Å². The maximum atomic E-state index is 12.9. The third-order valence-corrected chi connectivity index (χ3v) is 7.40. The lowest BCUT2D eigenvalue weighted by molar-refractivity contribution is -0.134. The van der Waals surface area contributed by atoms with Crippen molar-refractivity contribution < 1.29 is 28.8 Å². The normalized spacial score (nSPS) is 15.3. The molecule has 43 heavy (non-hydrogen) atoms. The molecule has 1 aliphatic heterocycles. The van der Waals surface area contributed by atoms with E-state index in [1.807, 2.05) is 7.05 Å². The molecule has 0 bridgehead atoms. The first-order chi connectivity index (χ1) is 20.7. The number of hydrogen-bond donors (Lipinski definition) is 2. The van der Waals surface area contributed by atoms with Crippen LogP contribution >= 0.6 is 0 Å². The topological polar surface area (TPSA) is 133 Å². The van der Waals surface area contributed by atoms with Gasteiger partial charge in [-0.1, -0.05) is 48.5 Å². The maximum Gasteiger partial charge on any atom is 0.292 e. The molecule has 0 saturated carbocycles. The number of benzene rings is 3. The highest BCUT2D eigenvalue weighted by molar-refractivity contribution is 6.50. The summed E-state index contributed by atoms with van der Waals surface area (Å²) in [4.78, 5) is 79.6. The van der Waals surface area contributed by atoms with Gasteiger partial charge in [0, 0.05) is 65.9 Å². The van der Waals surface area contributed by atoms with Crippen LogP contribution in [0.4, 0.5) is 11.4 Å². The lowest BCUT2D eigenvalue weighted by Crippen LogP contribution is -2.46. The SMILES string of the molecule is CN1CCN(CC(=O)c2cccc(NC(=O)C(=O)CC(=O)c3cccc(NC4=CC(=O)C(=O)c5ccccc54)c3)c2)CC1. The van der Waals surface area contributed by atoms with Crippen molar-refractivity contribution in [3.05, 3.63) is 101 Å². The smallest absolute Gasteiger partial charge is 0.292 e. The molecule has 1 heterocycles. The fourth-order valence-corrected chi connectivity index (χ4v) is 4.95. The van der Waals surface area contributed by atoms with E-state index in [9.17, 15) is 28.8 Å². The molecule has 0 aromatic heterocycles. The van der Waals surface area contributed by atoms with Gasteiger partial charge in [0.2, 0.25) is 17.3 Å². The number of fused-ring (bicyclic) bond motifs is 1.